The highest BCUT2D eigenvalue weighted by molar-refractivity contribution is 7.54. The molecule has 2 atom stereocenters. The van der Waals surface area contributed by atoms with Crippen molar-refractivity contribution in [2.75, 3.05) is 13.2 Å². The Bertz CT molecular complexity index is 193. The molecule has 0 saturated carbocycles. The lowest BCUT2D eigenvalue weighted by Gasteiger charge is -2.19. The van der Waals surface area contributed by atoms with Gasteiger partial charge in [-0.2, -0.15) is 0 Å². The molecule has 1 N–H and O–H groups in total. The van der Waals surface area contributed by atoms with Gasteiger partial charge in [0.2, 0.25) is 0 Å². The minimum absolute atomic E-state index is 0.242. The quantitative estimate of drug-likeness (QED) is 0.514. The van der Waals surface area contributed by atoms with Crippen molar-refractivity contribution in [2.45, 2.75) is 26.1 Å². The van der Waals surface area contributed by atoms with E-state index in [0.29, 0.717) is 6.61 Å². The molecular weight excluding hydrogens is 191 g/mol. The smallest absolute Gasteiger partial charge is 0.362 e. The van der Waals surface area contributed by atoms with E-state index in [0.717, 1.165) is 12.5 Å². The number of rotatable bonds is 7. The SMILES string of the molecule is C=CC(O)P(=O)(OCC)OCCC. The molecule has 0 radical (unpaired) electrons. The minimum atomic E-state index is -3.39. The largest absolute Gasteiger partial charge is 0.377 e. The van der Waals surface area contributed by atoms with E-state index in [2.05, 4.69) is 6.58 Å². The molecule has 0 aliphatic heterocycles. The van der Waals surface area contributed by atoms with Crippen LogP contribution in [0, 0.1) is 0 Å². The zero-order valence-electron chi connectivity index (χ0n) is 8.10. The van der Waals surface area contributed by atoms with Crippen molar-refractivity contribution < 1.29 is 18.7 Å². The molecule has 0 amide bonds. The van der Waals surface area contributed by atoms with Crippen molar-refractivity contribution in [2.24, 2.45) is 0 Å². The van der Waals surface area contributed by atoms with Crippen molar-refractivity contribution >= 4 is 7.60 Å². The van der Waals surface area contributed by atoms with Crippen LogP contribution in [0.3, 0.4) is 0 Å². The summed E-state index contributed by atoms with van der Waals surface area (Å²) in [6.45, 7) is 7.46. The lowest BCUT2D eigenvalue weighted by molar-refractivity contribution is 0.164. The summed E-state index contributed by atoms with van der Waals surface area (Å²) in [5.41, 5.74) is 0. The summed E-state index contributed by atoms with van der Waals surface area (Å²) >= 11 is 0. The second-order valence-corrected chi connectivity index (χ2v) is 4.57. The van der Waals surface area contributed by atoms with Crippen LogP contribution in [0.5, 0.6) is 0 Å². The third-order valence-corrected chi connectivity index (χ3v) is 3.34. The maximum Gasteiger partial charge on any atom is 0.362 e. The van der Waals surface area contributed by atoms with Crippen LogP contribution in [0.2, 0.25) is 0 Å². The van der Waals surface area contributed by atoms with Gasteiger partial charge in [0, 0.05) is 0 Å². The van der Waals surface area contributed by atoms with E-state index in [1.807, 2.05) is 6.92 Å². The monoisotopic (exact) mass is 208 g/mol. The van der Waals surface area contributed by atoms with Gasteiger partial charge in [-0.1, -0.05) is 19.6 Å². The first-order valence-electron chi connectivity index (χ1n) is 4.30. The molecule has 0 aromatic heterocycles. The Kier molecular flexibility index (Phi) is 6.25. The van der Waals surface area contributed by atoms with Gasteiger partial charge < -0.3 is 14.2 Å². The highest BCUT2D eigenvalue weighted by atomic mass is 31.2. The van der Waals surface area contributed by atoms with Crippen LogP contribution in [0.15, 0.2) is 12.7 Å². The highest BCUT2D eigenvalue weighted by Gasteiger charge is 2.31. The fourth-order valence-corrected chi connectivity index (χ4v) is 2.15. The maximum atomic E-state index is 11.7. The molecule has 5 heteroatoms. The molecule has 4 nitrogen and oxygen atoms in total. The first kappa shape index (κ1) is 12.8. The highest BCUT2D eigenvalue weighted by Crippen LogP contribution is 2.52. The fraction of sp³-hybridized carbons (Fsp3) is 0.750. The van der Waals surface area contributed by atoms with Gasteiger partial charge in [0.1, 0.15) is 0 Å². The van der Waals surface area contributed by atoms with Gasteiger partial charge >= 0.3 is 7.60 Å². The molecule has 0 spiro atoms. The lowest BCUT2D eigenvalue weighted by atomic mass is 10.5. The first-order chi connectivity index (χ1) is 6.10. The molecule has 0 rings (SSSR count). The molecule has 0 aliphatic rings. The number of hydrogen-bond donors (Lipinski definition) is 1. The molecule has 0 fully saturated rings. The predicted octanol–water partition coefficient (Wildman–Crippen LogP) is 2.15. The Morgan fingerprint density at radius 3 is 2.54 bits per heavy atom. The average Bonchev–Trinajstić information content (AvgIpc) is 2.14. The summed E-state index contributed by atoms with van der Waals surface area (Å²) in [6.07, 6.45) is 1.88. The van der Waals surface area contributed by atoms with E-state index in [9.17, 15) is 9.67 Å². The van der Waals surface area contributed by atoms with Crippen LogP contribution in [0.25, 0.3) is 0 Å². The Hall–Kier alpha value is -0.150. The van der Waals surface area contributed by atoms with E-state index in [4.69, 9.17) is 9.05 Å². The molecular formula is C8H17O4P. The lowest BCUT2D eigenvalue weighted by Crippen LogP contribution is -2.10. The van der Waals surface area contributed by atoms with Crippen LogP contribution in [-0.2, 0) is 13.6 Å². The first-order valence-corrected chi connectivity index (χ1v) is 5.91. The van der Waals surface area contributed by atoms with Crippen molar-refractivity contribution in [3.05, 3.63) is 12.7 Å². The van der Waals surface area contributed by atoms with E-state index in [1.165, 1.54) is 0 Å². The van der Waals surface area contributed by atoms with Crippen molar-refractivity contribution in [3.8, 4) is 0 Å². The molecule has 0 heterocycles. The van der Waals surface area contributed by atoms with Gasteiger partial charge in [-0.25, -0.2) is 0 Å². The molecule has 0 saturated heterocycles. The molecule has 0 bridgehead atoms. The van der Waals surface area contributed by atoms with E-state index < -0.39 is 13.4 Å². The summed E-state index contributed by atoms with van der Waals surface area (Å²) in [6, 6.07) is 0. The molecule has 0 aliphatic carbocycles. The zero-order chi connectivity index (χ0) is 10.3. The molecule has 2 unspecified atom stereocenters. The summed E-state index contributed by atoms with van der Waals surface area (Å²) in [5.74, 6) is -1.24. The van der Waals surface area contributed by atoms with Crippen LogP contribution >= 0.6 is 7.60 Å². The zero-order valence-corrected chi connectivity index (χ0v) is 9.00. The predicted molar refractivity (Wildman–Crippen MR) is 51.7 cm³/mol. The van der Waals surface area contributed by atoms with E-state index in [1.54, 1.807) is 6.92 Å². The second kappa shape index (κ2) is 6.33. The Labute approximate surface area is 79.1 Å². The summed E-state index contributed by atoms with van der Waals surface area (Å²) in [7, 11) is -3.39. The Morgan fingerprint density at radius 1 is 1.54 bits per heavy atom. The number of aliphatic hydroxyl groups is 1. The molecule has 78 valence electrons. The van der Waals surface area contributed by atoms with E-state index in [-0.39, 0.29) is 6.61 Å². The van der Waals surface area contributed by atoms with Gasteiger partial charge in [-0.3, -0.25) is 4.57 Å². The summed E-state index contributed by atoms with van der Waals surface area (Å²) < 4.78 is 21.6. The van der Waals surface area contributed by atoms with Gasteiger partial charge in [0.05, 0.1) is 13.2 Å². The number of aliphatic hydroxyl groups excluding tert-OH is 1. The number of hydrogen-bond acceptors (Lipinski definition) is 4. The summed E-state index contributed by atoms with van der Waals surface area (Å²) in [4.78, 5) is 0. The summed E-state index contributed by atoms with van der Waals surface area (Å²) in [5, 5.41) is 9.30. The van der Waals surface area contributed by atoms with Gasteiger partial charge in [-0.05, 0) is 13.3 Å². The minimum Gasteiger partial charge on any atom is -0.377 e. The van der Waals surface area contributed by atoms with E-state index >= 15 is 0 Å². The standard InChI is InChI=1S/C8H17O4P/c1-4-7-12-13(10,11-6-3)8(9)5-2/h5,8-9H,2,4,6-7H2,1,3H3. The van der Waals surface area contributed by atoms with Gasteiger partial charge in [0.25, 0.3) is 0 Å². The van der Waals surface area contributed by atoms with Crippen molar-refractivity contribution in [1.29, 1.82) is 0 Å². The third-order valence-electron chi connectivity index (χ3n) is 1.32. The van der Waals surface area contributed by atoms with Crippen LogP contribution in [0.4, 0.5) is 0 Å². The molecule has 0 aromatic rings. The van der Waals surface area contributed by atoms with Gasteiger partial charge in [-0.15, -0.1) is 0 Å². The van der Waals surface area contributed by atoms with Crippen molar-refractivity contribution in [3.63, 3.8) is 0 Å². The maximum absolute atomic E-state index is 11.7. The average molecular weight is 208 g/mol. The molecule has 0 aromatic carbocycles. The Balaban J connectivity index is 4.32. The van der Waals surface area contributed by atoms with Crippen LogP contribution in [0.1, 0.15) is 20.3 Å². The molecule has 13 heavy (non-hydrogen) atoms. The van der Waals surface area contributed by atoms with Crippen molar-refractivity contribution in [1.82, 2.24) is 0 Å². The van der Waals surface area contributed by atoms with Crippen LogP contribution < -0.4 is 0 Å². The second-order valence-electron chi connectivity index (χ2n) is 2.44. The fourth-order valence-electron chi connectivity index (χ4n) is 0.718. The van der Waals surface area contributed by atoms with Gasteiger partial charge in [0.15, 0.2) is 5.85 Å². The van der Waals surface area contributed by atoms with Crippen LogP contribution in [-0.4, -0.2) is 24.2 Å². The Morgan fingerprint density at radius 2 is 2.15 bits per heavy atom. The topological polar surface area (TPSA) is 55.8 Å². The third kappa shape index (κ3) is 4.05. The normalized spacial score (nSPS) is 17.8.